The lowest BCUT2D eigenvalue weighted by molar-refractivity contribution is -0.120. The van der Waals surface area contributed by atoms with Crippen molar-refractivity contribution in [1.82, 2.24) is 0 Å². The van der Waals surface area contributed by atoms with Gasteiger partial charge in [0, 0.05) is 0 Å². The summed E-state index contributed by atoms with van der Waals surface area (Å²) in [4.78, 5) is 11.2. The Morgan fingerprint density at radius 2 is 1.79 bits per heavy atom. The Morgan fingerprint density at radius 3 is 2.14 bits per heavy atom. The molecule has 1 aromatic rings. The fourth-order valence-corrected chi connectivity index (χ4v) is 1.67. The zero-order valence-corrected chi connectivity index (χ0v) is 8.93. The molecule has 1 aliphatic rings. The number of aryl methyl sites for hydroxylation is 1. The summed E-state index contributed by atoms with van der Waals surface area (Å²) in [5.74, 6) is -0.184. The Labute approximate surface area is 89.9 Å². The van der Waals surface area contributed by atoms with Crippen molar-refractivity contribution in [2.45, 2.75) is 25.2 Å². The van der Waals surface area contributed by atoms with Crippen LogP contribution in [-0.4, -0.2) is 5.91 Å². The summed E-state index contributed by atoms with van der Waals surface area (Å²) >= 11 is 0. The SMILES string of the molecule is Cc1ccc(C2(C(N)=O)CC2)cc1.Cl. The van der Waals surface area contributed by atoms with Crippen LogP contribution in [0.2, 0.25) is 0 Å². The minimum absolute atomic E-state index is 0. The monoisotopic (exact) mass is 211 g/mol. The van der Waals surface area contributed by atoms with Crippen molar-refractivity contribution in [1.29, 1.82) is 0 Å². The van der Waals surface area contributed by atoms with Crippen LogP contribution in [-0.2, 0) is 10.2 Å². The highest BCUT2D eigenvalue weighted by atomic mass is 35.5. The number of amides is 1. The van der Waals surface area contributed by atoms with Gasteiger partial charge >= 0.3 is 0 Å². The Hall–Kier alpha value is -1.02. The van der Waals surface area contributed by atoms with Gasteiger partial charge in [-0.3, -0.25) is 4.79 Å². The molecule has 0 radical (unpaired) electrons. The molecule has 1 saturated carbocycles. The molecule has 1 fully saturated rings. The second-order valence-corrected chi connectivity index (χ2v) is 3.81. The van der Waals surface area contributed by atoms with Gasteiger partial charge in [-0.05, 0) is 25.3 Å². The normalized spacial score (nSPS) is 16.9. The lowest BCUT2D eigenvalue weighted by atomic mass is 9.95. The average Bonchev–Trinajstić information content (AvgIpc) is 2.86. The topological polar surface area (TPSA) is 43.1 Å². The molecular formula is C11H14ClNO. The van der Waals surface area contributed by atoms with E-state index in [1.165, 1.54) is 5.56 Å². The number of carbonyl (C=O) groups is 1. The maximum absolute atomic E-state index is 11.2. The summed E-state index contributed by atoms with van der Waals surface area (Å²) in [5, 5.41) is 0. The first-order valence-electron chi connectivity index (χ1n) is 4.52. The molecule has 0 aromatic heterocycles. The van der Waals surface area contributed by atoms with Crippen molar-refractivity contribution in [3.8, 4) is 0 Å². The van der Waals surface area contributed by atoms with E-state index < -0.39 is 0 Å². The van der Waals surface area contributed by atoms with E-state index in [1.54, 1.807) is 0 Å². The van der Waals surface area contributed by atoms with Gasteiger partial charge in [0.15, 0.2) is 0 Å². The highest BCUT2D eigenvalue weighted by molar-refractivity contribution is 5.89. The fraction of sp³-hybridized carbons (Fsp3) is 0.364. The molecule has 1 aromatic carbocycles. The van der Waals surface area contributed by atoms with E-state index in [0.717, 1.165) is 18.4 Å². The third-order valence-corrected chi connectivity index (χ3v) is 2.83. The number of carbonyl (C=O) groups excluding carboxylic acids is 1. The van der Waals surface area contributed by atoms with E-state index in [0.29, 0.717) is 0 Å². The van der Waals surface area contributed by atoms with Gasteiger partial charge in [0.1, 0.15) is 0 Å². The Bertz CT molecular complexity index is 341. The standard InChI is InChI=1S/C11H13NO.ClH/c1-8-2-4-9(5-3-8)11(6-7-11)10(12)13;/h2-5H,6-7H2,1H3,(H2,12,13);1H. The number of primary amides is 1. The predicted octanol–water partition coefficient (Wildman–Crippen LogP) is 1.93. The van der Waals surface area contributed by atoms with Crippen LogP contribution in [0, 0.1) is 6.92 Å². The predicted molar refractivity (Wildman–Crippen MR) is 58.5 cm³/mol. The van der Waals surface area contributed by atoms with Gasteiger partial charge in [-0.15, -0.1) is 12.4 Å². The van der Waals surface area contributed by atoms with Gasteiger partial charge < -0.3 is 5.73 Å². The maximum Gasteiger partial charge on any atom is 0.228 e. The Kier molecular flexibility index (Phi) is 2.86. The van der Waals surface area contributed by atoms with Crippen molar-refractivity contribution < 1.29 is 4.79 Å². The van der Waals surface area contributed by atoms with Crippen LogP contribution in [0.25, 0.3) is 0 Å². The third kappa shape index (κ3) is 1.62. The molecule has 0 saturated heterocycles. The van der Waals surface area contributed by atoms with E-state index >= 15 is 0 Å². The van der Waals surface area contributed by atoms with E-state index in [-0.39, 0.29) is 23.7 Å². The van der Waals surface area contributed by atoms with Crippen LogP contribution in [0.5, 0.6) is 0 Å². The van der Waals surface area contributed by atoms with Crippen LogP contribution in [0.3, 0.4) is 0 Å². The highest BCUT2D eigenvalue weighted by Crippen LogP contribution is 2.47. The molecule has 3 heteroatoms. The summed E-state index contributed by atoms with van der Waals surface area (Å²) in [6.45, 7) is 2.04. The van der Waals surface area contributed by atoms with Gasteiger partial charge in [0.2, 0.25) is 5.91 Å². The molecule has 2 nitrogen and oxygen atoms in total. The molecule has 0 aliphatic heterocycles. The molecule has 0 bridgehead atoms. The van der Waals surface area contributed by atoms with E-state index in [9.17, 15) is 4.79 Å². The minimum atomic E-state index is -0.326. The Balaban J connectivity index is 0.000000980. The molecule has 0 spiro atoms. The third-order valence-electron chi connectivity index (χ3n) is 2.83. The number of benzene rings is 1. The number of hydrogen-bond donors (Lipinski definition) is 1. The molecule has 2 N–H and O–H groups in total. The first kappa shape index (κ1) is 11.1. The number of hydrogen-bond acceptors (Lipinski definition) is 1. The van der Waals surface area contributed by atoms with Crippen molar-refractivity contribution >= 4 is 18.3 Å². The van der Waals surface area contributed by atoms with Gasteiger partial charge in [0.05, 0.1) is 5.41 Å². The summed E-state index contributed by atoms with van der Waals surface area (Å²) in [7, 11) is 0. The van der Waals surface area contributed by atoms with Crippen LogP contribution in [0.4, 0.5) is 0 Å². The lowest BCUT2D eigenvalue weighted by Crippen LogP contribution is -2.28. The van der Waals surface area contributed by atoms with Crippen LogP contribution < -0.4 is 5.73 Å². The van der Waals surface area contributed by atoms with Crippen molar-refractivity contribution in [3.05, 3.63) is 35.4 Å². The van der Waals surface area contributed by atoms with Gasteiger partial charge in [-0.2, -0.15) is 0 Å². The Morgan fingerprint density at radius 1 is 1.29 bits per heavy atom. The number of rotatable bonds is 2. The van der Waals surface area contributed by atoms with Gasteiger partial charge in [-0.1, -0.05) is 29.8 Å². The smallest absolute Gasteiger partial charge is 0.228 e. The fourth-order valence-electron chi connectivity index (χ4n) is 1.67. The van der Waals surface area contributed by atoms with Crippen molar-refractivity contribution in [3.63, 3.8) is 0 Å². The van der Waals surface area contributed by atoms with Crippen molar-refractivity contribution in [2.75, 3.05) is 0 Å². The summed E-state index contributed by atoms with van der Waals surface area (Å²) in [6, 6.07) is 8.07. The first-order chi connectivity index (χ1) is 6.15. The second-order valence-electron chi connectivity index (χ2n) is 3.81. The lowest BCUT2D eigenvalue weighted by Gasteiger charge is -2.10. The highest BCUT2D eigenvalue weighted by Gasteiger charge is 2.49. The van der Waals surface area contributed by atoms with Gasteiger partial charge in [0.25, 0.3) is 0 Å². The zero-order valence-electron chi connectivity index (χ0n) is 8.12. The molecule has 14 heavy (non-hydrogen) atoms. The van der Waals surface area contributed by atoms with Crippen LogP contribution in [0.1, 0.15) is 24.0 Å². The number of halogens is 1. The van der Waals surface area contributed by atoms with Crippen molar-refractivity contribution in [2.24, 2.45) is 5.73 Å². The molecule has 2 rings (SSSR count). The van der Waals surface area contributed by atoms with E-state index in [4.69, 9.17) is 5.73 Å². The molecule has 1 amide bonds. The van der Waals surface area contributed by atoms with E-state index in [1.807, 2.05) is 31.2 Å². The molecule has 0 atom stereocenters. The average molecular weight is 212 g/mol. The molecular weight excluding hydrogens is 198 g/mol. The number of nitrogens with two attached hydrogens (primary N) is 1. The molecule has 0 unspecified atom stereocenters. The van der Waals surface area contributed by atoms with Crippen LogP contribution >= 0.6 is 12.4 Å². The van der Waals surface area contributed by atoms with Crippen LogP contribution in [0.15, 0.2) is 24.3 Å². The maximum atomic E-state index is 11.2. The molecule has 0 heterocycles. The summed E-state index contributed by atoms with van der Waals surface area (Å²) < 4.78 is 0. The largest absolute Gasteiger partial charge is 0.369 e. The second kappa shape index (κ2) is 3.62. The molecule has 76 valence electrons. The summed E-state index contributed by atoms with van der Waals surface area (Å²) in [6.07, 6.45) is 1.82. The molecule has 1 aliphatic carbocycles. The van der Waals surface area contributed by atoms with Gasteiger partial charge in [-0.25, -0.2) is 0 Å². The summed E-state index contributed by atoms with van der Waals surface area (Å²) in [5.41, 5.74) is 7.32. The van der Waals surface area contributed by atoms with E-state index in [2.05, 4.69) is 0 Å². The zero-order chi connectivity index (χ0) is 9.47. The quantitative estimate of drug-likeness (QED) is 0.798. The first-order valence-corrected chi connectivity index (χ1v) is 4.52. The minimum Gasteiger partial charge on any atom is -0.369 e.